The van der Waals surface area contributed by atoms with Crippen molar-refractivity contribution in [3.8, 4) is 0 Å². The summed E-state index contributed by atoms with van der Waals surface area (Å²) in [4.78, 5) is 25.0. The van der Waals surface area contributed by atoms with E-state index in [0.717, 1.165) is 44.5 Å². The van der Waals surface area contributed by atoms with E-state index in [1.807, 2.05) is 4.90 Å². The van der Waals surface area contributed by atoms with E-state index in [0.29, 0.717) is 5.75 Å². The summed E-state index contributed by atoms with van der Waals surface area (Å²) in [5, 5.41) is 8.87. The lowest BCUT2D eigenvalue weighted by Gasteiger charge is -2.25. The summed E-state index contributed by atoms with van der Waals surface area (Å²) in [6.45, 7) is 1.80. The topological polar surface area (TPSA) is 57.6 Å². The first-order valence-electron chi connectivity index (χ1n) is 7.69. The molecule has 1 aliphatic carbocycles. The van der Waals surface area contributed by atoms with Crippen LogP contribution < -0.4 is 0 Å². The van der Waals surface area contributed by atoms with Crippen LogP contribution in [0.5, 0.6) is 0 Å². The van der Waals surface area contributed by atoms with Gasteiger partial charge in [0.25, 0.3) is 0 Å². The molecule has 1 amide bonds. The molecule has 1 saturated carbocycles. The Balaban J connectivity index is 1.67. The number of hydrogen-bond donors (Lipinski definition) is 1. The minimum atomic E-state index is -0.710. The highest BCUT2D eigenvalue weighted by Crippen LogP contribution is 2.50. The summed E-state index contributed by atoms with van der Waals surface area (Å²) >= 11 is 1.62. The lowest BCUT2D eigenvalue weighted by molar-refractivity contribution is -0.138. The number of amides is 1. The Labute approximate surface area is 125 Å². The van der Waals surface area contributed by atoms with Gasteiger partial charge < -0.3 is 10.0 Å². The average Bonchev–Trinajstić information content (AvgIpc) is 3.07. The van der Waals surface area contributed by atoms with Gasteiger partial charge in [-0.25, -0.2) is 0 Å². The average molecular weight is 299 g/mol. The van der Waals surface area contributed by atoms with Crippen LogP contribution in [0.3, 0.4) is 0 Å². The molecule has 0 unspecified atom stereocenters. The number of rotatable bonds is 6. The third kappa shape index (κ3) is 5.00. The molecular formula is C15H25NO3S. The van der Waals surface area contributed by atoms with Crippen molar-refractivity contribution in [2.24, 2.45) is 5.41 Å². The fourth-order valence-electron chi connectivity index (χ4n) is 2.81. The Bertz CT molecular complexity index is 347. The van der Waals surface area contributed by atoms with Gasteiger partial charge >= 0.3 is 5.97 Å². The normalized spacial score (nSPS) is 21.9. The van der Waals surface area contributed by atoms with E-state index >= 15 is 0 Å². The van der Waals surface area contributed by atoms with Crippen LogP contribution in [0, 0.1) is 5.41 Å². The number of carbonyl (C=O) groups excluding carboxylic acids is 1. The molecule has 20 heavy (non-hydrogen) atoms. The molecule has 1 heterocycles. The van der Waals surface area contributed by atoms with Crippen molar-refractivity contribution >= 4 is 23.6 Å². The summed E-state index contributed by atoms with van der Waals surface area (Å²) < 4.78 is 0. The zero-order valence-electron chi connectivity index (χ0n) is 12.1. The van der Waals surface area contributed by atoms with Crippen molar-refractivity contribution in [3.63, 3.8) is 0 Å². The third-order valence-electron chi connectivity index (χ3n) is 4.33. The molecule has 114 valence electrons. The number of nitrogens with zero attached hydrogens (tertiary/aromatic N) is 1. The Hall–Kier alpha value is -0.710. The fraction of sp³-hybridized carbons (Fsp3) is 0.867. The van der Waals surface area contributed by atoms with Crippen molar-refractivity contribution in [3.05, 3.63) is 0 Å². The molecule has 5 heteroatoms. The Kier molecular flexibility index (Phi) is 5.75. The molecule has 1 N–H and O–H groups in total. The van der Waals surface area contributed by atoms with Crippen LogP contribution in [0.2, 0.25) is 0 Å². The minimum Gasteiger partial charge on any atom is -0.481 e. The van der Waals surface area contributed by atoms with Crippen molar-refractivity contribution < 1.29 is 14.7 Å². The molecule has 1 saturated heterocycles. The van der Waals surface area contributed by atoms with Crippen LogP contribution in [-0.4, -0.2) is 46.5 Å². The van der Waals surface area contributed by atoms with E-state index in [1.54, 1.807) is 11.8 Å². The molecule has 0 spiro atoms. The van der Waals surface area contributed by atoms with Crippen LogP contribution in [0.25, 0.3) is 0 Å². The zero-order chi connectivity index (χ0) is 14.4. The molecule has 2 aliphatic rings. The van der Waals surface area contributed by atoms with Crippen molar-refractivity contribution in [2.75, 3.05) is 24.6 Å². The zero-order valence-corrected chi connectivity index (χ0v) is 12.9. The molecule has 2 rings (SSSR count). The predicted octanol–water partition coefficient (Wildman–Crippen LogP) is 2.77. The highest BCUT2D eigenvalue weighted by Gasteiger charge is 2.44. The van der Waals surface area contributed by atoms with Crippen molar-refractivity contribution in [1.29, 1.82) is 0 Å². The van der Waals surface area contributed by atoms with Gasteiger partial charge in [-0.1, -0.05) is 19.3 Å². The summed E-state index contributed by atoms with van der Waals surface area (Å²) in [6, 6.07) is 0. The van der Waals surface area contributed by atoms with Gasteiger partial charge in [-0.3, -0.25) is 9.59 Å². The molecule has 4 nitrogen and oxygen atoms in total. The van der Waals surface area contributed by atoms with Gasteiger partial charge in [-0.15, -0.1) is 0 Å². The Morgan fingerprint density at radius 2 is 1.65 bits per heavy atom. The quantitative estimate of drug-likeness (QED) is 0.819. The smallest absolute Gasteiger partial charge is 0.303 e. The number of aliphatic carboxylic acids is 1. The first kappa shape index (κ1) is 15.7. The number of carboxylic acid groups (broad SMARTS) is 1. The molecule has 0 aromatic heterocycles. The lowest BCUT2D eigenvalue weighted by Crippen LogP contribution is -2.35. The van der Waals surface area contributed by atoms with Crippen molar-refractivity contribution in [1.82, 2.24) is 4.90 Å². The highest BCUT2D eigenvalue weighted by atomic mass is 32.2. The van der Waals surface area contributed by atoms with E-state index in [1.165, 1.54) is 19.3 Å². The van der Waals surface area contributed by atoms with Gasteiger partial charge in [0, 0.05) is 13.1 Å². The van der Waals surface area contributed by atoms with Crippen LogP contribution >= 0.6 is 11.8 Å². The van der Waals surface area contributed by atoms with Gasteiger partial charge in [-0.2, -0.15) is 11.8 Å². The molecule has 0 aromatic rings. The fourth-order valence-corrected chi connectivity index (χ4v) is 4.10. The highest BCUT2D eigenvalue weighted by molar-refractivity contribution is 7.99. The first-order chi connectivity index (χ1) is 9.61. The first-order valence-corrected chi connectivity index (χ1v) is 8.84. The molecular weight excluding hydrogens is 274 g/mol. The Morgan fingerprint density at radius 3 is 2.20 bits per heavy atom. The summed E-state index contributed by atoms with van der Waals surface area (Å²) in [5.74, 6) is 0.862. The number of carboxylic acids is 1. The molecule has 1 aliphatic heterocycles. The molecule has 0 atom stereocenters. The Morgan fingerprint density at radius 1 is 1.05 bits per heavy atom. The van der Waals surface area contributed by atoms with Crippen LogP contribution in [-0.2, 0) is 9.59 Å². The molecule has 0 radical (unpaired) electrons. The van der Waals surface area contributed by atoms with E-state index in [2.05, 4.69) is 0 Å². The standard InChI is InChI=1S/C15H25NO3S/c17-13(16-8-4-2-1-3-5-9-16)11-20-12-15(6-7-15)10-14(18)19/h1-12H2,(H,18,19). The molecule has 2 fully saturated rings. The SMILES string of the molecule is O=C(O)CC1(CSCC(=O)N2CCCCCCC2)CC1. The van der Waals surface area contributed by atoms with E-state index < -0.39 is 5.97 Å². The monoisotopic (exact) mass is 299 g/mol. The number of carbonyl (C=O) groups is 2. The van der Waals surface area contributed by atoms with Gasteiger partial charge in [0.2, 0.25) is 5.91 Å². The third-order valence-corrected chi connectivity index (χ3v) is 5.59. The summed E-state index contributed by atoms with van der Waals surface area (Å²) in [6.07, 6.45) is 8.29. The summed E-state index contributed by atoms with van der Waals surface area (Å²) in [5.41, 5.74) is -0.00690. The van der Waals surface area contributed by atoms with Gasteiger partial charge in [-0.05, 0) is 36.9 Å². The maximum absolute atomic E-state index is 12.2. The van der Waals surface area contributed by atoms with Crippen LogP contribution in [0.15, 0.2) is 0 Å². The van der Waals surface area contributed by atoms with Gasteiger partial charge in [0.15, 0.2) is 0 Å². The summed E-state index contributed by atoms with van der Waals surface area (Å²) in [7, 11) is 0. The van der Waals surface area contributed by atoms with Crippen LogP contribution in [0.4, 0.5) is 0 Å². The molecule has 0 bridgehead atoms. The van der Waals surface area contributed by atoms with Gasteiger partial charge in [0.1, 0.15) is 0 Å². The number of hydrogen-bond acceptors (Lipinski definition) is 3. The van der Waals surface area contributed by atoms with Crippen LogP contribution in [0.1, 0.15) is 51.4 Å². The predicted molar refractivity (Wildman–Crippen MR) is 80.9 cm³/mol. The maximum atomic E-state index is 12.2. The van der Waals surface area contributed by atoms with E-state index in [9.17, 15) is 9.59 Å². The maximum Gasteiger partial charge on any atom is 0.303 e. The largest absolute Gasteiger partial charge is 0.481 e. The second kappa shape index (κ2) is 7.34. The minimum absolute atomic E-state index is 0.00690. The molecule has 0 aromatic carbocycles. The van der Waals surface area contributed by atoms with E-state index in [4.69, 9.17) is 5.11 Å². The van der Waals surface area contributed by atoms with Crippen molar-refractivity contribution in [2.45, 2.75) is 51.4 Å². The number of thioether (sulfide) groups is 1. The number of likely N-dealkylation sites (tertiary alicyclic amines) is 1. The second-order valence-electron chi connectivity index (χ2n) is 6.21. The van der Waals surface area contributed by atoms with Gasteiger partial charge in [0.05, 0.1) is 12.2 Å². The lowest BCUT2D eigenvalue weighted by atomic mass is 10.1. The van der Waals surface area contributed by atoms with E-state index in [-0.39, 0.29) is 17.7 Å². The second-order valence-corrected chi connectivity index (χ2v) is 7.20.